The molecular formula is C28H34F2N2O3. The molecule has 0 saturated carbocycles. The number of hydrogen-bond acceptors (Lipinski definition) is 5. The zero-order valence-corrected chi connectivity index (χ0v) is 20.8. The highest BCUT2D eigenvalue weighted by atomic mass is 19.1. The van der Waals surface area contributed by atoms with Crippen LogP contribution in [0.5, 0.6) is 5.75 Å². The molecule has 0 radical (unpaired) electrons. The summed E-state index contributed by atoms with van der Waals surface area (Å²) in [6.45, 7) is 8.29. The summed E-state index contributed by atoms with van der Waals surface area (Å²) in [7, 11) is 0. The first-order valence-electron chi connectivity index (χ1n) is 12.4. The van der Waals surface area contributed by atoms with Crippen LogP contribution >= 0.6 is 0 Å². The van der Waals surface area contributed by atoms with E-state index in [0.717, 1.165) is 25.9 Å². The van der Waals surface area contributed by atoms with Crippen LogP contribution in [-0.4, -0.2) is 49.4 Å². The molecule has 1 heterocycles. The number of halogens is 2. The lowest BCUT2D eigenvalue weighted by molar-refractivity contribution is 0.0520. The van der Waals surface area contributed by atoms with Crippen LogP contribution in [0, 0.1) is 23.1 Å². The van der Waals surface area contributed by atoms with E-state index in [-0.39, 0.29) is 12.2 Å². The van der Waals surface area contributed by atoms with E-state index < -0.39 is 17.5 Å². The first-order valence-corrected chi connectivity index (χ1v) is 12.4. The summed E-state index contributed by atoms with van der Waals surface area (Å²) in [4.78, 5) is 14.0. The number of benzene rings is 2. The van der Waals surface area contributed by atoms with E-state index in [2.05, 4.69) is 11.0 Å². The highest BCUT2D eigenvalue weighted by molar-refractivity contribution is 5.90. The molecule has 1 aliphatic heterocycles. The smallest absolute Gasteiger partial charge is 0.341 e. The number of alkyl halides is 1. The molecule has 0 unspecified atom stereocenters. The van der Waals surface area contributed by atoms with Crippen molar-refractivity contribution in [3.63, 3.8) is 0 Å². The monoisotopic (exact) mass is 484 g/mol. The average Bonchev–Trinajstić information content (AvgIpc) is 2.88. The number of esters is 1. The summed E-state index contributed by atoms with van der Waals surface area (Å²) >= 11 is 0. The fraction of sp³-hybridized carbons (Fsp3) is 0.500. The number of nitrogens with zero attached hydrogens (tertiary/aromatic N) is 2. The molecule has 1 saturated heterocycles. The maximum absolute atomic E-state index is 14.7. The van der Waals surface area contributed by atoms with Crippen LogP contribution in [0.3, 0.4) is 0 Å². The van der Waals surface area contributed by atoms with Crippen molar-refractivity contribution >= 4 is 5.97 Å². The maximum atomic E-state index is 14.7. The van der Waals surface area contributed by atoms with Crippen LogP contribution in [0.2, 0.25) is 0 Å². The van der Waals surface area contributed by atoms with Gasteiger partial charge in [-0.1, -0.05) is 26.0 Å². The minimum Gasteiger partial charge on any atom is -0.492 e. The van der Waals surface area contributed by atoms with Gasteiger partial charge in [-0.3, -0.25) is 0 Å². The highest BCUT2D eigenvalue weighted by Gasteiger charge is 2.30. The topological polar surface area (TPSA) is 62.6 Å². The van der Waals surface area contributed by atoms with E-state index in [1.165, 1.54) is 12.1 Å². The fourth-order valence-corrected chi connectivity index (χ4v) is 4.39. The number of carbonyl (C=O) groups excluding carboxylic acids is 1. The SMILES string of the molecule is CCOC(=O)c1ccc(-c2ccc(OCC3CCN(CC(F)(CC)CC)CC3)c(C#N)c2)cc1F. The summed E-state index contributed by atoms with van der Waals surface area (Å²) in [6.07, 6.45) is 2.91. The second-order valence-corrected chi connectivity index (χ2v) is 9.13. The molecule has 2 aromatic rings. The fourth-order valence-electron chi connectivity index (χ4n) is 4.39. The standard InChI is InChI=1S/C28H34F2N2O3/c1-4-28(30,5-2)19-32-13-11-20(12-14-32)18-35-26-10-8-21(15-23(26)17-31)22-7-9-24(25(29)16-22)27(33)34-6-3/h7-10,15-16,20H,4-6,11-14,18-19H2,1-3H3. The molecule has 0 aliphatic carbocycles. The van der Waals surface area contributed by atoms with E-state index in [0.29, 0.717) is 54.4 Å². The Balaban J connectivity index is 1.60. The first kappa shape index (κ1) is 26.6. The van der Waals surface area contributed by atoms with Crippen LogP contribution in [0.25, 0.3) is 11.1 Å². The number of piperidine rings is 1. The van der Waals surface area contributed by atoms with Crippen molar-refractivity contribution in [2.75, 3.05) is 32.8 Å². The van der Waals surface area contributed by atoms with Gasteiger partial charge in [0.25, 0.3) is 0 Å². The second kappa shape index (κ2) is 12.1. The van der Waals surface area contributed by atoms with Gasteiger partial charge >= 0.3 is 5.97 Å². The Bertz CT molecular complexity index is 1050. The molecule has 7 heteroatoms. The molecule has 0 aromatic heterocycles. The Morgan fingerprint density at radius 1 is 1.11 bits per heavy atom. The van der Waals surface area contributed by atoms with E-state index in [4.69, 9.17) is 9.47 Å². The quantitative estimate of drug-likeness (QED) is 0.378. The molecule has 1 fully saturated rings. The third kappa shape index (κ3) is 6.79. The lowest BCUT2D eigenvalue weighted by atomic mass is 9.94. The number of ether oxygens (including phenoxy) is 2. The van der Waals surface area contributed by atoms with Gasteiger partial charge in [-0.2, -0.15) is 5.26 Å². The Morgan fingerprint density at radius 3 is 2.37 bits per heavy atom. The third-order valence-electron chi connectivity index (χ3n) is 6.85. The van der Waals surface area contributed by atoms with Crippen LogP contribution < -0.4 is 4.74 Å². The van der Waals surface area contributed by atoms with Gasteiger partial charge in [0, 0.05) is 6.54 Å². The number of likely N-dealkylation sites (tertiary alicyclic amines) is 1. The van der Waals surface area contributed by atoms with Crippen molar-refractivity contribution in [1.82, 2.24) is 4.90 Å². The van der Waals surface area contributed by atoms with Gasteiger partial charge in [-0.25, -0.2) is 13.6 Å². The van der Waals surface area contributed by atoms with Crippen molar-refractivity contribution < 1.29 is 23.0 Å². The van der Waals surface area contributed by atoms with Gasteiger partial charge in [0.2, 0.25) is 0 Å². The molecule has 5 nitrogen and oxygen atoms in total. The van der Waals surface area contributed by atoms with Crippen molar-refractivity contribution in [3.05, 3.63) is 53.3 Å². The lowest BCUT2D eigenvalue weighted by Crippen LogP contribution is -2.44. The molecular weight excluding hydrogens is 450 g/mol. The zero-order valence-electron chi connectivity index (χ0n) is 20.8. The molecule has 1 aliphatic rings. The number of hydrogen-bond donors (Lipinski definition) is 0. The minimum atomic E-state index is -1.12. The van der Waals surface area contributed by atoms with Crippen molar-refractivity contribution in [3.8, 4) is 22.9 Å². The Kier molecular flexibility index (Phi) is 9.22. The lowest BCUT2D eigenvalue weighted by Gasteiger charge is -2.36. The zero-order chi connectivity index (χ0) is 25.4. The molecule has 0 bridgehead atoms. The van der Waals surface area contributed by atoms with Gasteiger partial charge < -0.3 is 14.4 Å². The van der Waals surface area contributed by atoms with Gasteiger partial charge in [0.05, 0.1) is 24.3 Å². The molecule has 0 N–H and O–H groups in total. The summed E-state index contributed by atoms with van der Waals surface area (Å²) in [5.41, 5.74) is 0.327. The van der Waals surface area contributed by atoms with Crippen molar-refractivity contribution in [1.29, 1.82) is 5.26 Å². The normalized spacial score (nSPS) is 15.0. The number of carbonyl (C=O) groups is 1. The van der Waals surface area contributed by atoms with E-state index in [9.17, 15) is 18.8 Å². The van der Waals surface area contributed by atoms with E-state index in [1.54, 1.807) is 31.2 Å². The van der Waals surface area contributed by atoms with E-state index in [1.807, 2.05) is 13.8 Å². The molecule has 0 atom stereocenters. The van der Waals surface area contributed by atoms with E-state index >= 15 is 0 Å². The molecule has 188 valence electrons. The van der Waals surface area contributed by atoms with Crippen LogP contribution in [0.4, 0.5) is 8.78 Å². The molecule has 35 heavy (non-hydrogen) atoms. The Hall–Kier alpha value is -2.98. The van der Waals surface area contributed by atoms with Crippen LogP contribution in [0.1, 0.15) is 62.4 Å². The summed E-state index contributed by atoms with van der Waals surface area (Å²) in [5, 5.41) is 9.64. The molecule has 0 amide bonds. The van der Waals surface area contributed by atoms with Crippen LogP contribution in [-0.2, 0) is 4.74 Å². The van der Waals surface area contributed by atoms with Gasteiger partial charge in [0.1, 0.15) is 23.3 Å². The predicted octanol–water partition coefficient (Wildman–Crippen LogP) is 6.16. The molecule has 3 rings (SSSR count). The predicted molar refractivity (Wildman–Crippen MR) is 132 cm³/mol. The summed E-state index contributed by atoms with van der Waals surface area (Å²) in [5.74, 6) is -0.543. The average molecular weight is 485 g/mol. The highest BCUT2D eigenvalue weighted by Crippen LogP contribution is 2.30. The molecule has 0 spiro atoms. The second-order valence-electron chi connectivity index (χ2n) is 9.13. The maximum Gasteiger partial charge on any atom is 0.341 e. The third-order valence-corrected chi connectivity index (χ3v) is 6.85. The van der Waals surface area contributed by atoms with Crippen LogP contribution in [0.15, 0.2) is 36.4 Å². The summed E-state index contributed by atoms with van der Waals surface area (Å²) in [6, 6.07) is 11.6. The minimum absolute atomic E-state index is 0.122. The molecule has 2 aromatic carbocycles. The Labute approximate surface area is 206 Å². The van der Waals surface area contributed by atoms with Crippen molar-refractivity contribution in [2.24, 2.45) is 5.92 Å². The van der Waals surface area contributed by atoms with Crippen molar-refractivity contribution in [2.45, 2.75) is 52.1 Å². The van der Waals surface area contributed by atoms with Gasteiger partial charge in [-0.15, -0.1) is 0 Å². The largest absolute Gasteiger partial charge is 0.492 e. The van der Waals surface area contributed by atoms with Gasteiger partial charge in [0.15, 0.2) is 0 Å². The summed E-state index contributed by atoms with van der Waals surface area (Å²) < 4.78 is 40.0. The number of rotatable bonds is 10. The number of nitriles is 1. The first-order chi connectivity index (χ1) is 16.8. The van der Waals surface area contributed by atoms with Gasteiger partial charge in [-0.05, 0) is 87.0 Å². The Morgan fingerprint density at radius 2 is 1.77 bits per heavy atom.